The van der Waals surface area contributed by atoms with Crippen molar-refractivity contribution in [3.8, 4) is 0 Å². The summed E-state index contributed by atoms with van der Waals surface area (Å²) < 4.78 is 0. The molecule has 0 bridgehead atoms. The zero-order chi connectivity index (χ0) is 13.1. The van der Waals surface area contributed by atoms with Crippen molar-refractivity contribution in [3.05, 3.63) is 17.8 Å². The standard InChI is InChI=1S/C13H19N3O2/c1-2-16(8-9-4-3-5-9)12-11(14)10(13(17)18)6-7-15-12/h6-7,9H,2-5,8,14H2,1H3,(H,17,18). The number of nitrogens with zero attached hydrogens (tertiary/aromatic N) is 2. The second kappa shape index (κ2) is 5.25. The molecule has 18 heavy (non-hydrogen) atoms. The van der Waals surface area contributed by atoms with Gasteiger partial charge < -0.3 is 15.7 Å². The molecule has 5 nitrogen and oxygen atoms in total. The Balaban J connectivity index is 2.23. The molecule has 5 heteroatoms. The number of carboxylic acids is 1. The Bertz CT molecular complexity index is 444. The van der Waals surface area contributed by atoms with Gasteiger partial charge in [-0.25, -0.2) is 9.78 Å². The topological polar surface area (TPSA) is 79.5 Å². The van der Waals surface area contributed by atoms with E-state index < -0.39 is 5.97 Å². The Hall–Kier alpha value is -1.78. The van der Waals surface area contributed by atoms with Crippen LogP contribution in [0.25, 0.3) is 0 Å². The largest absolute Gasteiger partial charge is 0.478 e. The van der Waals surface area contributed by atoms with Crippen molar-refractivity contribution in [2.45, 2.75) is 26.2 Å². The van der Waals surface area contributed by atoms with Crippen molar-refractivity contribution < 1.29 is 9.90 Å². The molecular formula is C13H19N3O2. The maximum atomic E-state index is 11.0. The normalized spacial score (nSPS) is 15.2. The van der Waals surface area contributed by atoms with Gasteiger partial charge in [-0.15, -0.1) is 0 Å². The molecule has 1 saturated carbocycles. The Morgan fingerprint density at radius 2 is 2.33 bits per heavy atom. The molecule has 1 aromatic heterocycles. The third-order valence-corrected chi connectivity index (χ3v) is 3.58. The number of nitrogen functional groups attached to an aromatic ring is 1. The Morgan fingerprint density at radius 3 is 2.83 bits per heavy atom. The monoisotopic (exact) mass is 249 g/mol. The maximum absolute atomic E-state index is 11.0. The van der Waals surface area contributed by atoms with E-state index in [0.29, 0.717) is 11.7 Å². The molecule has 0 spiro atoms. The zero-order valence-corrected chi connectivity index (χ0v) is 10.6. The number of anilines is 2. The summed E-state index contributed by atoms with van der Waals surface area (Å²) in [6, 6.07) is 1.44. The van der Waals surface area contributed by atoms with Crippen LogP contribution < -0.4 is 10.6 Å². The first kappa shape index (κ1) is 12.7. The molecule has 0 radical (unpaired) electrons. The summed E-state index contributed by atoms with van der Waals surface area (Å²) >= 11 is 0. The van der Waals surface area contributed by atoms with Gasteiger partial charge in [0.15, 0.2) is 5.82 Å². The molecule has 3 N–H and O–H groups in total. The van der Waals surface area contributed by atoms with E-state index in [1.807, 2.05) is 6.92 Å². The van der Waals surface area contributed by atoms with E-state index in [1.54, 1.807) is 0 Å². The van der Waals surface area contributed by atoms with Crippen LogP contribution in [0, 0.1) is 5.92 Å². The summed E-state index contributed by atoms with van der Waals surface area (Å²) in [5, 5.41) is 9.06. The van der Waals surface area contributed by atoms with Crippen molar-refractivity contribution in [1.29, 1.82) is 0 Å². The van der Waals surface area contributed by atoms with Crippen LogP contribution in [0.4, 0.5) is 11.5 Å². The average Bonchev–Trinajstić information content (AvgIpc) is 2.29. The van der Waals surface area contributed by atoms with Crippen LogP contribution in [0.5, 0.6) is 0 Å². The number of carboxylic acid groups (broad SMARTS) is 1. The minimum atomic E-state index is -1.00. The zero-order valence-electron chi connectivity index (χ0n) is 10.6. The highest BCUT2D eigenvalue weighted by molar-refractivity contribution is 5.96. The first-order valence-corrected chi connectivity index (χ1v) is 6.36. The molecule has 0 aromatic carbocycles. The fraction of sp³-hybridized carbons (Fsp3) is 0.538. The van der Waals surface area contributed by atoms with Crippen molar-refractivity contribution in [3.63, 3.8) is 0 Å². The molecule has 98 valence electrons. The number of rotatable bonds is 5. The van der Waals surface area contributed by atoms with Crippen LogP contribution in [-0.4, -0.2) is 29.1 Å². The second-order valence-corrected chi connectivity index (χ2v) is 4.74. The van der Waals surface area contributed by atoms with E-state index in [2.05, 4.69) is 9.88 Å². The highest BCUT2D eigenvalue weighted by Gasteiger charge is 2.23. The fourth-order valence-electron chi connectivity index (χ4n) is 2.25. The maximum Gasteiger partial charge on any atom is 0.337 e. The number of aromatic nitrogens is 1. The van der Waals surface area contributed by atoms with Gasteiger partial charge in [0.1, 0.15) is 0 Å². The summed E-state index contributed by atoms with van der Waals surface area (Å²) in [7, 11) is 0. The number of hydrogen-bond acceptors (Lipinski definition) is 4. The van der Waals surface area contributed by atoms with Crippen LogP contribution in [0.2, 0.25) is 0 Å². The number of aromatic carboxylic acids is 1. The highest BCUT2D eigenvalue weighted by Crippen LogP contribution is 2.30. The van der Waals surface area contributed by atoms with E-state index in [1.165, 1.54) is 31.5 Å². The summed E-state index contributed by atoms with van der Waals surface area (Å²) in [5.41, 5.74) is 6.31. The van der Waals surface area contributed by atoms with E-state index in [0.717, 1.165) is 13.1 Å². The molecule has 0 unspecified atom stereocenters. The SMILES string of the molecule is CCN(CC1CCC1)c1nccc(C(=O)O)c1N. The van der Waals surface area contributed by atoms with Gasteiger partial charge in [0.05, 0.1) is 11.3 Å². The predicted molar refractivity (Wildman–Crippen MR) is 70.8 cm³/mol. The van der Waals surface area contributed by atoms with Gasteiger partial charge in [-0.2, -0.15) is 0 Å². The van der Waals surface area contributed by atoms with Gasteiger partial charge >= 0.3 is 5.97 Å². The molecule has 1 fully saturated rings. The molecule has 1 aliphatic carbocycles. The van der Waals surface area contributed by atoms with Crippen LogP contribution in [0.3, 0.4) is 0 Å². The highest BCUT2D eigenvalue weighted by atomic mass is 16.4. The summed E-state index contributed by atoms with van der Waals surface area (Å²) in [5.74, 6) is 0.291. The smallest absolute Gasteiger partial charge is 0.337 e. The van der Waals surface area contributed by atoms with E-state index >= 15 is 0 Å². The first-order valence-electron chi connectivity index (χ1n) is 6.36. The van der Waals surface area contributed by atoms with Crippen molar-refractivity contribution >= 4 is 17.5 Å². The van der Waals surface area contributed by atoms with Gasteiger partial charge in [0.2, 0.25) is 0 Å². The number of pyridine rings is 1. The third kappa shape index (κ3) is 2.39. The summed E-state index contributed by atoms with van der Waals surface area (Å²) in [4.78, 5) is 17.4. The Labute approximate surface area is 107 Å². The average molecular weight is 249 g/mol. The quantitative estimate of drug-likeness (QED) is 0.834. The van der Waals surface area contributed by atoms with E-state index in [-0.39, 0.29) is 11.3 Å². The lowest BCUT2D eigenvalue weighted by Crippen LogP contribution is -2.33. The molecule has 1 aliphatic rings. The molecule has 0 saturated heterocycles. The van der Waals surface area contributed by atoms with Gasteiger partial charge in [-0.05, 0) is 31.7 Å². The predicted octanol–water partition coefficient (Wildman–Crippen LogP) is 1.99. The number of carbonyl (C=O) groups is 1. The van der Waals surface area contributed by atoms with Crippen molar-refractivity contribution in [2.24, 2.45) is 5.92 Å². The molecular weight excluding hydrogens is 230 g/mol. The van der Waals surface area contributed by atoms with Crippen LogP contribution in [0.1, 0.15) is 36.5 Å². The number of nitrogens with two attached hydrogens (primary N) is 1. The first-order chi connectivity index (χ1) is 8.63. The Morgan fingerprint density at radius 1 is 1.61 bits per heavy atom. The molecule has 0 amide bonds. The van der Waals surface area contributed by atoms with Crippen LogP contribution in [0.15, 0.2) is 12.3 Å². The van der Waals surface area contributed by atoms with E-state index in [4.69, 9.17) is 10.8 Å². The molecule has 2 rings (SSSR count). The van der Waals surface area contributed by atoms with Crippen molar-refractivity contribution in [1.82, 2.24) is 4.98 Å². The lowest BCUT2D eigenvalue weighted by atomic mass is 9.85. The minimum Gasteiger partial charge on any atom is -0.478 e. The van der Waals surface area contributed by atoms with E-state index in [9.17, 15) is 4.79 Å². The van der Waals surface area contributed by atoms with Crippen LogP contribution in [-0.2, 0) is 0 Å². The molecule has 1 aromatic rings. The lowest BCUT2D eigenvalue weighted by Gasteiger charge is -2.33. The minimum absolute atomic E-state index is 0.132. The van der Waals surface area contributed by atoms with Gasteiger partial charge in [-0.3, -0.25) is 0 Å². The molecule has 0 atom stereocenters. The van der Waals surface area contributed by atoms with Crippen LogP contribution >= 0.6 is 0 Å². The van der Waals surface area contributed by atoms with Crippen molar-refractivity contribution in [2.75, 3.05) is 23.7 Å². The third-order valence-electron chi connectivity index (χ3n) is 3.58. The molecule has 0 aliphatic heterocycles. The fourth-order valence-corrected chi connectivity index (χ4v) is 2.25. The molecule has 1 heterocycles. The summed E-state index contributed by atoms with van der Waals surface area (Å²) in [6.07, 6.45) is 5.29. The Kier molecular flexibility index (Phi) is 3.69. The number of hydrogen-bond donors (Lipinski definition) is 2. The lowest BCUT2D eigenvalue weighted by molar-refractivity contribution is 0.0698. The van der Waals surface area contributed by atoms with Gasteiger partial charge in [-0.1, -0.05) is 6.42 Å². The van der Waals surface area contributed by atoms with Gasteiger partial charge in [0, 0.05) is 19.3 Å². The second-order valence-electron chi connectivity index (χ2n) is 4.74. The van der Waals surface area contributed by atoms with Gasteiger partial charge in [0.25, 0.3) is 0 Å². The summed E-state index contributed by atoms with van der Waals surface area (Å²) in [6.45, 7) is 3.74.